The third-order valence-electron chi connectivity index (χ3n) is 2.20. The fraction of sp³-hybridized carbons (Fsp3) is 1.00. The lowest BCUT2D eigenvalue weighted by Crippen LogP contribution is -2.29. The van der Waals surface area contributed by atoms with E-state index in [1.165, 1.54) is 0 Å². The van der Waals surface area contributed by atoms with Crippen LogP contribution in [0.15, 0.2) is 5.18 Å². The van der Waals surface area contributed by atoms with Crippen molar-refractivity contribution < 1.29 is 8.78 Å². The van der Waals surface area contributed by atoms with Crippen LogP contribution in [-0.2, 0) is 0 Å². The number of rotatable bonds is 4. The van der Waals surface area contributed by atoms with E-state index < -0.39 is 11.3 Å². The van der Waals surface area contributed by atoms with Gasteiger partial charge in [0.25, 0.3) is 5.92 Å². The minimum absolute atomic E-state index is 0.204. The number of halogens is 2. The zero-order chi connectivity index (χ0) is 9.41. The topological polar surface area (TPSA) is 32.7 Å². The van der Waals surface area contributed by atoms with Crippen LogP contribution in [0.2, 0.25) is 0 Å². The SMILES string of the molecule is CN(C)CC1(CN=O)CC1(F)F. The van der Waals surface area contributed by atoms with E-state index in [4.69, 9.17) is 0 Å². The van der Waals surface area contributed by atoms with Crippen LogP contribution in [0.25, 0.3) is 0 Å². The predicted molar refractivity (Wildman–Crippen MR) is 41.2 cm³/mol. The Morgan fingerprint density at radius 1 is 1.50 bits per heavy atom. The zero-order valence-corrected chi connectivity index (χ0v) is 7.18. The quantitative estimate of drug-likeness (QED) is 0.608. The molecule has 0 bridgehead atoms. The van der Waals surface area contributed by atoms with Crippen molar-refractivity contribution in [3.63, 3.8) is 0 Å². The molecule has 1 fully saturated rings. The van der Waals surface area contributed by atoms with E-state index in [1.807, 2.05) is 0 Å². The molecular formula is C7H12F2N2O. The highest BCUT2D eigenvalue weighted by Gasteiger charge is 2.71. The van der Waals surface area contributed by atoms with Gasteiger partial charge in [0.1, 0.15) is 0 Å². The van der Waals surface area contributed by atoms with Crippen LogP contribution < -0.4 is 0 Å². The Labute approximate surface area is 69.7 Å². The van der Waals surface area contributed by atoms with Crippen molar-refractivity contribution in [2.75, 3.05) is 27.2 Å². The summed E-state index contributed by atoms with van der Waals surface area (Å²) in [5.74, 6) is -2.69. The fourth-order valence-corrected chi connectivity index (χ4v) is 1.50. The van der Waals surface area contributed by atoms with Gasteiger partial charge in [-0.2, -0.15) is 4.91 Å². The second-order valence-corrected chi connectivity index (χ2v) is 3.69. The molecule has 1 unspecified atom stereocenters. The summed E-state index contributed by atoms with van der Waals surface area (Å²) < 4.78 is 25.5. The van der Waals surface area contributed by atoms with Crippen molar-refractivity contribution >= 4 is 0 Å². The van der Waals surface area contributed by atoms with Crippen LogP contribution in [-0.4, -0.2) is 38.0 Å². The lowest BCUT2D eigenvalue weighted by Gasteiger charge is -2.17. The van der Waals surface area contributed by atoms with Gasteiger partial charge in [0.05, 0.1) is 12.0 Å². The van der Waals surface area contributed by atoms with E-state index in [0.717, 1.165) is 0 Å². The van der Waals surface area contributed by atoms with Crippen LogP contribution in [0.3, 0.4) is 0 Å². The first-order valence-corrected chi connectivity index (χ1v) is 3.75. The molecule has 70 valence electrons. The third kappa shape index (κ3) is 1.46. The molecular weight excluding hydrogens is 166 g/mol. The molecule has 1 rings (SSSR count). The molecule has 1 atom stereocenters. The minimum Gasteiger partial charge on any atom is -0.309 e. The summed E-state index contributed by atoms with van der Waals surface area (Å²) in [5, 5.41) is 2.56. The fourth-order valence-electron chi connectivity index (χ4n) is 1.50. The first kappa shape index (κ1) is 9.51. The largest absolute Gasteiger partial charge is 0.309 e. The van der Waals surface area contributed by atoms with Crippen molar-refractivity contribution in [1.29, 1.82) is 0 Å². The van der Waals surface area contributed by atoms with Gasteiger partial charge >= 0.3 is 0 Å². The van der Waals surface area contributed by atoms with Crippen molar-refractivity contribution in [3.05, 3.63) is 4.91 Å². The monoisotopic (exact) mass is 178 g/mol. The summed E-state index contributed by atoms with van der Waals surface area (Å²) in [6.45, 7) is -0.0517. The normalized spacial score (nSPS) is 32.1. The van der Waals surface area contributed by atoms with Crippen LogP contribution >= 0.6 is 0 Å². The molecule has 0 amide bonds. The molecule has 1 aliphatic rings. The average molecular weight is 178 g/mol. The van der Waals surface area contributed by atoms with Crippen molar-refractivity contribution in [2.24, 2.45) is 10.6 Å². The van der Waals surface area contributed by atoms with E-state index in [1.54, 1.807) is 19.0 Å². The molecule has 1 aliphatic carbocycles. The highest BCUT2D eigenvalue weighted by Crippen LogP contribution is 2.60. The maximum absolute atomic E-state index is 12.8. The van der Waals surface area contributed by atoms with Crippen molar-refractivity contribution in [2.45, 2.75) is 12.3 Å². The molecule has 3 nitrogen and oxygen atoms in total. The van der Waals surface area contributed by atoms with Gasteiger partial charge in [-0.25, -0.2) is 8.78 Å². The van der Waals surface area contributed by atoms with Gasteiger partial charge in [-0.05, 0) is 14.1 Å². The van der Waals surface area contributed by atoms with E-state index >= 15 is 0 Å². The number of nitroso groups, excluding NO2 is 1. The zero-order valence-electron chi connectivity index (χ0n) is 7.18. The van der Waals surface area contributed by atoms with Gasteiger partial charge in [0, 0.05) is 13.0 Å². The summed E-state index contributed by atoms with van der Waals surface area (Å²) in [6.07, 6.45) is -0.204. The summed E-state index contributed by atoms with van der Waals surface area (Å²) in [4.78, 5) is 11.6. The smallest absolute Gasteiger partial charge is 0.257 e. The van der Waals surface area contributed by atoms with E-state index in [0.29, 0.717) is 0 Å². The number of alkyl halides is 2. The lowest BCUT2D eigenvalue weighted by atomic mass is 10.1. The Hall–Kier alpha value is -0.580. The molecule has 0 aromatic heterocycles. The summed E-state index contributed by atoms with van der Waals surface area (Å²) in [7, 11) is 3.42. The maximum atomic E-state index is 12.8. The van der Waals surface area contributed by atoms with Gasteiger partial charge in [-0.1, -0.05) is 5.18 Å². The highest BCUT2D eigenvalue weighted by atomic mass is 19.3. The Kier molecular flexibility index (Phi) is 2.16. The second kappa shape index (κ2) is 2.73. The molecule has 0 aromatic rings. The number of nitrogens with zero attached hydrogens (tertiary/aromatic N) is 2. The first-order chi connectivity index (χ1) is 5.43. The Bertz CT molecular complexity index is 196. The van der Waals surface area contributed by atoms with Gasteiger partial charge in [-0.3, -0.25) is 0 Å². The molecule has 0 radical (unpaired) electrons. The maximum Gasteiger partial charge on any atom is 0.257 e. The van der Waals surface area contributed by atoms with Crippen molar-refractivity contribution in [3.8, 4) is 0 Å². The number of hydrogen-bond donors (Lipinski definition) is 0. The molecule has 0 aromatic carbocycles. The Balaban J connectivity index is 2.59. The minimum atomic E-state index is -2.69. The summed E-state index contributed by atoms with van der Waals surface area (Å²) >= 11 is 0. The number of hydrogen-bond acceptors (Lipinski definition) is 3. The molecule has 12 heavy (non-hydrogen) atoms. The molecule has 0 heterocycles. The molecule has 1 saturated carbocycles. The van der Waals surface area contributed by atoms with Crippen LogP contribution in [0.5, 0.6) is 0 Å². The second-order valence-electron chi connectivity index (χ2n) is 3.69. The predicted octanol–water partition coefficient (Wildman–Crippen LogP) is 1.34. The highest BCUT2D eigenvalue weighted by molar-refractivity contribution is 5.12. The van der Waals surface area contributed by atoms with Gasteiger partial charge in [-0.15, -0.1) is 0 Å². The van der Waals surface area contributed by atoms with Crippen molar-refractivity contribution in [1.82, 2.24) is 4.90 Å². The standard InChI is InChI=1S/C7H12F2N2O/c1-11(2)5-6(4-10-12)3-7(6,8)9/h3-5H2,1-2H3. The molecule has 0 saturated heterocycles. The summed E-state index contributed by atoms with van der Waals surface area (Å²) in [6, 6.07) is 0. The molecule has 0 spiro atoms. The van der Waals surface area contributed by atoms with Gasteiger partial charge in [0.2, 0.25) is 0 Å². The summed E-state index contributed by atoms with van der Waals surface area (Å²) in [5.41, 5.74) is -1.17. The van der Waals surface area contributed by atoms with Crippen LogP contribution in [0.1, 0.15) is 6.42 Å². The average Bonchev–Trinajstić information content (AvgIpc) is 2.31. The Morgan fingerprint density at radius 3 is 2.25 bits per heavy atom. The van der Waals surface area contributed by atoms with Crippen LogP contribution in [0.4, 0.5) is 8.78 Å². The molecule has 5 heteroatoms. The third-order valence-corrected chi connectivity index (χ3v) is 2.20. The lowest BCUT2D eigenvalue weighted by molar-refractivity contribution is 0.0561. The first-order valence-electron chi connectivity index (χ1n) is 3.75. The van der Waals surface area contributed by atoms with Gasteiger partial charge in [0.15, 0.2) is 0 Å². The van der Waals surface area contributed by atoms with Gasteiger partial charge < -0.3 is 4.90 Å². The van der Waals surface area contributed by atoms with Crippen LogP contribution in [0, 0.1) is 10.3 Å². The molecule has 0 N–H and O–H groups in total. The van der Waals surface area contributed by atoms with E-state index in [-0.39, 0.29) is 19.5 Å². The van der Waals surface area contributed by atoms with E-state index in [9.17, 15) is 13.7 Å². The Morgan fingerprint density at radius 2 is 2.00 bits per heavy atom. The van der Waals surface area contributed by atoms with E-state index in [2.05, 4.69) is 5.18 Å². The molecule has 0 aliphatic heterocycles.